The first-order valence-corrected chi connectivity index (χ1v) is 8.66. The van der Waals surface area contributed by atoms with Crippen molar-refractivity contribution in [1.82, 2.24) is 10.2 Å². The van der Waals surface area contributed by atoms with Crippen molar-refractivity contribution in [2.45, 2.75) is 39.3 Å². The van der Waals surface area contributed by atoms with E-state index < -0.39 is 5.60 Å². The smallest absolute Gasteiger partial charge is 0.410 e. The number of carbonyl (C=O) groups is 1. The summed E-state index contributed by atoms with van der Waals surface area (Å²) in [5.74, 6) is 0.170. The fraction of sp³-hybridized carbons (Fsp3) is 0.588. The minimum Gasteiger partial charge on any atom is -0.444 e. The number of benzene rings is 1. The molecule has 0 spiro atoms. The summed E-state index contributed by atoms with van der Waals surface area (Å²) in [7, 11) is 0. The molecule has 0 aliphatic carbocycles. The van der Waals surface area contributed by atoms with E-state index in [0.29, 0.717) is 16.9 Å². The highest BCUT2D eigenvalue weighted by atomic mass is 79.9. The molecule has 23 heavy (non-hydrogen) atoms. The van der Waals surface area contributed by atoms with Crippen LogP contribution in [0.5, 0.6) is 0 Å². The lowest BCUT2D eigenvalue weighted by atomic mass is 10.1. The molecule has 1 heterocycles. The van der Waals surface area contributed by atoms with Crippen LogP contribution in [0.4, 0.5) is 9.18 Å². The number of halogens is 2. The molecule has 2 rings (SSSR count). The maximum atomic E-state index is 13.2. The van der Waals surface area contributed by atoms with Gasteiger partial charge in [-0.3, -0.25) is 0 Å². The summed E-state index contributed by atoms with van der Waals surface area (Å²) in [4.78, 5) is 13.8. The van der Waals surface area contributed by atoms with E-state index in [1.54, 1.807) is 17.0 Å². The number of ether oxygens (including phenoxy) is 1. The maximum absolute atomic E-state index is 13.2. The Hall–Kier alpha value is -1.14. The largest absolute Gasteiger partial charge is 0.444 e. The van der Waals surface area contributed by atoms with E-state index in [4.69, 9.17) is 4.74 Å². The predicted octanol–water partition coefficient (Wildman–Crippen LogP) is 3.93. The van der Waals surface area contributed by atoms with Crippen LogP contribution in [0.15, 0.2) is 22.7 Å². The number of hydrogen-bond acceptors (Lipinski definition) is 3. The lowest BCUT2D eigenvalue weighted by Crippen LogP contribution is -2.36. The summed E-state index contributed by atoms with van der Waals surface area (Å²) >= 11 is 3.19. The van der Waals surface area contributed by atoms with Crippen LogP contribution in [0.2, 0.25) is 0 Å². The molecule has 1 N–H and O–H groups in total. The first-order chi connectivity index (χ1) is 10.7. The van der Waals surface area contributed by atoms with Crippen molar-refractivity contribution in [2.75, 3.05) is 19.6 Å². The lowest BCUT2D eigenvalue weighted by Gasteiger charge is -2.24. The molecule has 1 saturated heterocycles. The number of amides is 1. The van der Waals surface area contributed by atoms with Gasteiger partial charge in [-0.1, -0.05) is 6.07 Å². The van der Waals surface area contributed by atoms with E-state index in [2.05, 4.69) is 21.2 Å². The van der Waals surface area contributed by atoms with Gasteiger partial charge in [0.1, 0.15) is 11.4 Å². The average Bonchev–Trinajstić information content (AvgIpc) is 2.90. The van der Waals surface area contributed by atoms with Gasteiger partial charge in [-0.25, -0.2) is 9.18 Å². The summed E-state index contributed by atoms with van der Waals surface area (Å²) < 4.78 is 19.1. The summed E-state index contributed by atoms with van der Waals surface area (Å²) in [6.07, 6.45) is 0.738. The average molecular weight is 387 g/mol. The van der Waals surface area contributed by atoms with Crippen LogP contribution in [0.3, 0.4) is 0 Å². The molecule has 4 nitrogen and oxygen atoms in total. The Kier molecular flexibility index (Phi) is 6.03. The number of carbonyl (C=O) groups excluding carboxylic acids is 1. The minimum absolute atomic E-state index is 0.234. The highest BCUT2D eigenvalue weighted by Gasteiger charge is 2.29. The molecule has 0 saturated carbocycles. The van der Waals surface area contributed by atoms with Gasteiger partial charge in [-0.15, -0.1) is 0 Å². The van der Waals surface area contributed by atoms with Gasteiger partial charge in [0.15, 0.2) is 0 Å². The van der Waals surface area contributed by atoms with Gasteiger partial charge < -0.3 is 15.0 Å². The van der Waals surface area contributed by atoms with Crippen molar-refractivity contribution in [3.63, 3.8) is 0 Å². The van der Waals surface area contributed by atoms with Crippen LogP contribution in [0, 0.1) is 11.7 Å². The Morgan fingerprint density at radius 3 is 2.87 bits per heavy atom. The molecule has 128 valence electrons. The van der Waals surface area contributed by atoms with Gasteiger partial charge in [0.2, 0.25) is 0 Å². The van der Waals surface area contributed by atoms with Crippen LogP contribution in [0.25, 0.3) is 0 Å². The molecular formula is C17H24BrFN2O2. The lowest BCUT2D eigenvalue weighted by molar-refractivity contribution is 0.0288. The Bertz CT molecular complexity index is 560. The maximum Gasteiger partial charge on any atom is 0.410 e. The molecule has 1 amide bonds. The first-order valence-electron chi connectivity index (χ1n) is 7.87. The fourth-order valence-corrected chi connectivity index (χ4v) is 2.99. The fourth-order valence-electron chi connectivity index (χ4n) is 2.56. The molecule has 1 aromatic carbocycles. The molecule has 0 aromatic heterocycles. The molecule has 1 aromatic rings. The van der Waals surface area contributed by atoms with Crippen LogP contribution in [-0.4, -0.2) is 36.2 Å². The molecule has 1 fully saturated rings. The quantitative estimate of drug-likeness (QED) is 0.851. The van der Waals surface area contributed by atoms with Gasteiger partial charge in [0.05, 0.1) is 4.47 Å². The van der Waals surface area contributed by atoms with Gasteiger partial charge in [-0.05, 0) is 66.7 Å². The SMILES string of the molecule is CC(C)(C)OC(=O)N1CCC(CNCc2ccc(F)c(Br)c2)C1. The number of nitrogens with one attached hydrogen (secondary N) is 1. The summed E-state index contributed by atoms with van der Waals surface area (Å²) in [6, 6.07) is 5.01. The molecule has 1 aliphatic heterocycles. The van der Waals surface area contributed by atoms with Crippen LogP contribution in [0.1, 0.15) is 32.8 Å². The van der Waals surface area contributed by atoms with E-state index in [-0.39, 0.29) is 11.9 Å². The molecule has 0 bridgehead atoms. The van der Waals surface area contributed by atoms with Gasteiger partial charge >= 0.3 is 6.09 Å². The van der Waals surface area contributed by atoms with Crippen LogP contribution in [-0.2, 0) is 11.3 Å². The van der Waals surface area contributed by atoms with Crippen molar-refractivity contribution in [1.29, 1.82) is 0 Å². The minimum atomic E-state index is -0.455. The zero-order chi connectivity index (χ0) is 17.0. The van der Waals surface area contributed by atoms with E-state index >= 15 is 0 Å². The van der Waals surface area contributed by atoms with Crippen molar-refractivity contribution >= 4 is 22.0 Å². The Labute approximate surface area is 145 Å². The molecule has 1 atom stereocenters. The van der Waals surface area contributed by atoms with Crippen molar-refractivity contribution in [3.8, 4) is 0 Å². The molecule has 6 heteroatoms. The summed E-state index contributed by atoms with van der Waals surface area (Å²) in [5.41, 5.74) is 0.573. The van der Waals surface area contributed by atoms with Gasteiger partial charge in [-0.2, -0.15) is 0 Å². The van der Waals surface area contributed by atoms with E-state index in [1.807, 2.05) is 20.8 Å². The zero-order valence-corrected chi connectivity index (χ0v) is 15.5. The monoisotopic (exact) mass is 386 g/mol. The highest BCUT2D eigenvalue weighted by Crippen LogP contribution is 2.20. The van der Waals surface area contributed by atoms with Gasteiger partial charge in [0.25, 0.3) is 0 Å². The number of likely N-dealkylation sites (tertiary alicyclic amines) is 1. The zero-order valence-electron chi connectivity index (χ0n) is 13.9. The van der Waals surface area contributed by atoms with E-state index in [0.717, 1.165) is 31.6 Å². The van der Waals surface area contributed by atoms with Crippen molar-refractivity contribution < 1.29 is 13.9 Å². The van der Waals surface area contributed by atoms with Gasteiger partial charge in [0, 0.05) is 26.2 Å². The third-order valence-electron chi connectivity index (χ3n) is 3.68. The second kappa shape index (κ2) is 7.62. The summed E-state index contributed by atoms with van der Waals surface area (Å²) in [6.45, 7) is 8.59. The highest BCUT2D eigenvalue weighted by molar-refractivity contribution is 9.10. The second-order valence-electron chi connectivity index (χ2n) is 6.96. The third kappa shape index (κ3) is 5.77. The molecular weight excluding hydrogens is 363 g/mol. The Morgan fingerprint density at radius 1 is 1.48 bits per heavy atom. The van der Waals surface area contributed by atoms with Crippen LogP contribution < -0.4 is 5.32 Å². The third-order valence-corrected chi connectivity index (χ3v) is 4.29. The van der Waals surface area contributed by atoms with Crippen molar-refractivity contribution in [2.24, 2.45) is 5.92 Å². The number of nitrogens with zero attached hydrogens (tertiary/aromatic N) is 1. The predicted molar refractivity (Wildman–Crippen MR) is 91.7 cm³/mol. The number of rotatable bonds is 4. The van der Waals surface area contributed by atoms with E-state index in [9.17, 15) is 9.18 Å². The molecule has 0 radical (unpaired) electrons. The topological polar surface area (TPSA) is 41.6 Å². The Morgan fingerprint density at radius 2 is 2.22 bits per heavy atom. The Balaban J connectivity index is 1.73. The normalized spacial score (nSPS) is 18.3. The second-order valence-corrected chi connectivity index (χ2v) is 7.81. The standard InChI is InChI=1S/C17H24BrFN2O2/c1-17(2,3)23-16(22)21-7-6-13(11-21)10-20-9-12-4-5-15(19)14(18)8-12/h4-5,8,13,20H,6-7,9-11H2,1-3H3. The van der Waals surface area contributed by atoms with E-state index in [1.165, 1.54) is 6.07 Å². The molecule has 1 aliphatic rings. The van der Waals surface area contributed by atoms with Crippen molar-refractivity contribution in [3.05, 3.63) is 34.1 Å². The first kappa shape index (κ1) is 18.2. The number of hydrogen-bond donors (Lipinski definition) is 1. The summed E-state index contributed by atoms with van der Waals surface area (Å²) in [5, 5.41) is 3.38. The van der Waals surface area contributed by atoms with Crippen LogP contribution >= 0.6 is 15.9 Å². The molecule has 1 unspecified atom stereocenters.